The quantitative estimate of drug-likeness (QED) is 0.875. The fraction of sp³-hybridized carbons (Fsp3) is 0.500. The molecule has 4 rings (SSSR count). The SMILES string of the molecule is CC(C)(C)NC(=O)c1ccc2nc3c(nc2c1)C1CCC3C1. The Hall–Kier alpha value is -1.97. The third-order valence-electron chi connectivity index (χ3n) is 4.68. The molecule has 0 spiro atoms. The van der Waals surface area contributed by atoms with E-state index in [9.17, 15) is 4.79 Å². The zero-order valence-electron chi connectivity index (χ0n) is 13.3. The normalized spacial score (nSPS) is 22.9. The van der Waals surface area contributed by atoms with Gasteiger partial charge in [-0.05, 0) is 58.2 Å². The van der Waals surface area contributed by atoms with Gasteiger partial charge in [-0.1, -0.05) is 0 Å². The first kappa shape index (κ1) is 13.7. The maximum atomic E-state index is 12.3. The molecule has 114 valence electrons. The Balaban J connectivity index is 1.74. The van der Waals surface area contributed by atoms with Gasteiger partial charge in [-0.3, -0.25) is 4.79 Å². The second-order valence-corrected chi connectivity index (χ2v) is 7.61. The van der Waals surface area contributed by atoms with Gasteiger partial charge in [0.05, 0.1) is 22.4 Å². The van der Waals surface area contributed by atoms with E-state index in [1.807, 2.05) is 39.0 Å². The molecule has 2 bridgehead atoms. The highest BCUT2D eigenvalue weighted by Gasteiger charge is 2.39. The minimum Gasteiger partial charge on any atom is -0.347 e. The van der Waals surface area contributed by atoms with Crippen LogP contribution in [0.25, 0.3) is 11.0 Å². The van der Waals surface area contributed by atoms with Crippen LogP contribution in [-0.2, 0) is 0 Å². The van der Waals surface area contributed by atoms with Crippen LogP contribution >= 0.6 is 0 Å². The van der Waals surface area contributed by atoms with Gasteiger partial charge in [-0.2, -0.15) is 0 Å². The molecule has 2 atom stereocenters. The molecule has 22 heavy (non-hydrogen) atoms. The molecule has 1 fully saturated rings. The van der Waals surface area contributed by atoms with Crippen LogP contribution in [0.5, 0.6) is 0 Å². The number of amides is 1. The van der Waals surface area contributed by atoms with Gasteiger partial charge in [0.25, 0.3) is 5.91 Å². The Morgan fingerprint density at radius 3 is 2.36 bits per heavy atom. The summed E-state index contributed by atoms with van der Waals surface area (Å²) >= 11 is 0. The summed E-state index contributed by atoms with van der Waals surface area (Å²) in [7, 11) is 0. The molecule has 0 radical (unpaired) electrons. The molecule has 0 saturated heterocycles. The van der Waals surface area contributed by atoms with Crippen LogP contribution in [0.2, 0.25) is 0 Å². The van der Waals surface area contributed by atoms with Crippen molar-refractivity contribution in [2.75, 3.05) is 0 Å². The molecule has 1 saturated carbocycles. The number of carbonyl (C=O) groups is 1. The average Bonchev–Trinajstić information content (AvgIpc) is 3.04. The van der Waals surface area contributed by atoms with E-state index >= 15 is 0 Å². The molecule has 1 aromatic heterocycles. The van der Waals surface area contributed by atoms with Crippen molar-refractivity contribution < 1.29 is 4.79 Å². The van der Waals surface area contributed by atoms with Crippen molar-refractivity contribution in [2.45, 2.75) is 57.4 Å². The molecule has 0 aliphatic heterocycles. The molecule has 1 heterocycles. The second-order valence-electron chi connectivity index (χ2n) is 7.61. The van der Waals surface area contributed by atoms with E-state index in [1.165, 1.54) is 30.7 Å². The Morgan fingerprint density at radius 1 is 1.09 bits per heavy atom. The average molecular weight is 295 g/mol. The summed E-state index contributed by atoms with van der Waals surface area (Å²) in [5.74, 6) is 1.14. The summed E-state index contributed by atoms with van der Waals surface area (Å²) in [6.45, 7) is 5.94. The van der Waals surface area contributed by atoms with E-state index in [0.29, 0.717) is 17.4 Å². The smallest absolute Gasteiger partial charge is 0.251 e. The van der Waals surface area contributed by atoms with Crippen LogP contribution in [-0.4, -0.2) is 21.4 Å². The van der Waals surface area contributed by atoms with Crippen LogP contribution in [0.1, 0.15) is 73.6 Å². The first-order chi connectivity index (χ1) is 10.4. The topological polar surface area (TPSA) is 54.9 Å². The lowest BCUT2D eigenvalue weighted by atomic mass is 10.00. The molecule has 2 unspecified atom stereocenters. The van der Waals surface area contributed by atoms with Crippen LogP contribution < -0.4 is 5.32 Å². The van der Waals surface area contributed by atoms with Crippen LogP contribution in [0.15, 0.2) is 18.2 Å². The van der Waals surface area contributed by atoms with E-state index in [2.05, 4.69) is 5.32 Å². The number of fused-ring (bicyclic) bond motifs is 6. The lowest BCUT2D eigenvalue weighted by Crippen LogP contribution is -2.40. The molecule has 4 heteroatoms. The van der Waals surface area contributed by atoms with Crippen molar-refractivity contribution in [3.63, 3.8) is 0 Å². The molecular weight excluding hydrogens is 274 g/mol. The second kappa shape index (κ2) is 4.51. The monoisotopic (exact) mass is 295 g/mol. The fourth-order valence-electron chi connectivity index (χ4n) is 3.71. The Bertz CT molecular complexity index is 776. The van der Waals surface area contributed by atoms with Crippen LogP contribution in [0.3, 0.4) is 0 Å². The van der Waals surface area contributed by atoms with Gasteiger partial charge in [-0.25, -0.2) is 9.97 Å². The van der Waals surface area contributed by atoms with Gasteiger partial charge in [0.15, 0.2) is 0 Å². The zero-order chi connectivity index (χ0) is 15.5. The van der Waals surface area contributed by atoms with Gasteiger partial charge in [0.1, 0.15) is 0 Å². The molecule has 4 nitrogen and oxygen atoms in total. The van der Waals surface area contributed by atoms with E-state index in [4.69, 9.17) is 9.97 Å². The molecule has 1 amide bonds. The molecule has 1 aromatic carbocycles. The lowest BCUT2D eigenvalue weighted by molar-refractivity contribution is 0.0919. The predicted molar refractivity (Wildman–Crippen MR) is 86.1 cm³/mol. The molecule has 2 aliphatic carbocycles. The van der Waals surface area contributed by atoms with E-state index in [-0.39, 0.29) is 11.4 Å². The van der Waals surface area contributed by atoms with E-state index in [0.717, 1.165) is 11.0 Å². The summed E-state index contributed by atoms with van der Waals surface area (Å²) in [5, 5.41) is 2.99. The van der Waals surface area contributed by atoms with Crippen molar-refractivity contribution in [3.8, 4) is 0 Å². The standard InChI is InChI=1S/C18H21N3O/c1-18(2,3)21-17(22)12-6-7-13-14(9-12)20-16-11-5-4-10(8-11)15(16)19-13/h6-7,9-11H,4-5,8H2,1-3H3,(H,21,22). The van der Waals surface area contributed by atoms with Gasteiger partial charge in [0.2, 0.25) is 0 Å². The van der Waals surface area contributed by atoms with Gasteiger partial charge in [-0.15, -0.1) is 0 Å². The number of aromatic nitrogens is 2. The summed E-state index contributed by atoms with van der Waals surface area (Å²) in [6.07, 6.45) is 3.70. The number of rotatable bonds is 1. The number of hydrogen-bond donors (Lipinski definition) is 1. The van der Waals surface area contributed by atoms with E-state index in [1.54, 1.807) is 0 Å². The minimum absolute atomic E-state index is 0.0572. The summed E-state index contributed by atoms with van der Waals surface area (Å²) in [4.78, 5) is 22.0. The Kier molecular flexibility index (Phi) is 2.80. The molecule has 1 N–H and O–H groups in total. The third-order valence-corrected chi connectivity index (χ3v) is 4.68. The number of nitrogens with zero attached hydrogens (tertiary/aromatic N) is 2. The number of hydrogen-bond acceptors (Lipinski definition) is 3. The van der Waals surface area contributed by atoms with E-state index < -0.39 is 0 Å². The maximum absolute atomic E-state index is 12.3. The van der Waals surface area contributed by atoms with Gasteiger partial charge in [0, 0.05) is 22.9 Å². The van der Waals surface area contributed by atoms with Crippen LogP contribution in [0.4, 0.5) is 0 Å². The maximum Gasteiger partial charge on any atom is 0.251 e. The molecule has 2 aliphatic rings. The van der Waals surface area contributed by atoms with Gasteiger partial charge < -0.3 is 5.32 Å². The fourth-order valence-corrected chi connectivity index (χ4v) is 3.71. The summed E-state index contributed by atoms with van der Waals surface area (Å²) < 4.78 is 0. The summed E-state index contributed by atoms with van der Waals surface area (Å²) in [6, 6.07) is 5.64. The Morgan fingerprint density at radius 2 is 1.73 bits per heavy atom. The lowest BCUT2D eigenvalue weighted by Gasteiger charge is -2.20. The molecular formula is C18H21N3O. The number of nitrogens with one attached hydrogen (secondary N) is 1. The van der Waals surface area contributed by atoms with Crippen molar-refractivity contribution in [1.82, 2.24) is 15.3 Å². The van der Waals surface area contributed by atoms with Crippen molar-refractivity contribution in [1.29, 1.82) is 0 Å². The first-order valence-electron chi connectivity index (χ1n) is 8.05. The minimum atomic E-state index is -0.241. The highest BCUT2D eigenvalue weighted by molar-refractivity contribution is 5.97. The van der Waals surface area contributed by atoms with Crippen molar-refractivity contribution in [3.05, 3.63) is 35.2 Å². The summed E-state index contributed by atoms with van der Waals surface area (Å²) in [5.41, 5.74) is 4.54. The largest absolute Gasteiger partial charge is 0.347 e. The van der Waals surface area contributed by atoms with Crippen molar-refractivity contribution >= 4 is 16.9 Å². The Labute approximate surface area is 130 Å². The number of benzene rings is 1. The third kappa shape index (κ3) is 2.18. The predicted octanol–water partition coefficient (Wildman–Crippen LogP) is 3.52. The highest BCUT2D eigenvalue weighted by atomic mass is 16.1. The number of carbonyl (C=O) groups excluding carboxylic acids is 1. The highest BCUT2D eigenvalue weighted by Crippen LogP contribution is 2.51. The molecule has 2 aromatic rings. The zero-order valence-corrected chi connectivity index (χ0v) is 13.3. The van der Waals surface area contributed by atoms with Crippen molar-refractivity contribution in [2.24, 2.45) is 0 Å². The first-order valence-corrected chi connectivity index (χ1v) is 8.05. The van der Waals surface area contributed by atoms with Gasteiger partial charge >= 0.3 is 0 Å². The van der Waals surface area contributed by atoms with Crippen LogP contribution in [0, 0.1) is 0 Å².